The second-order valence-corrected chi connectivity index (χ2v) is 4.86. The number of nitrogens with zero attached hydrogens (tertiary/aromatic N) is 2. The van der Waals surface area contributed by atoms with Gasteiger partial charge in [0.2, 0.25) is 0 Å². The molecule has 0 aromatic heterocycles. The van der Waals surface area contributed by atoms with E-state index in [1.165, 1.54) is 0 Å². The van der Waals surface area contributed by atoms with Crippen LogP contribution in [0.15, 0.2) is 46.9 Å². The topological polar surface area (TPSA) is 76.7 Å². The minimum Gasteiger partial charge on any atom is -0.321 e. The van der Waals surface area contributed by atoms with Crippen molar-refractivity contribution < 1.29 is 4.79 Å². The second-order valence-electron chi connectivity index (χ2n) is 3.94. The molecule has 2 rings (SSSR count). The Bertz CT molecular complexity index is 739. The zero-order chi connectivity index (χ0) is 14.5. The lowest BCUT2D eigenvalue weighted by atomic mass is 10.1. The lowest BCUT2D eigenvalue weighted by Gasteiger charge is -2.07. The third kappa shape index (κ3) is 3.03. The van der Waals surface area contributed by atoms with E-state index >= 15 is 0 Å². The van der Waals surface area contributed by atoms with Crippen LogP contribution in [0, 0.1) is 22.7 Å². The molecule has 0 saturated carbocycles. The molecule has 0 atom stereocenters. The molecule has 2 aromatic carbocycles. The average Bonchev–Trinajstić information content (AvgIpc) is 2.49. The first-order valence-corrected chi connectivity index (χ1v) is 6.44. The molecule has 5 heteroatoms. The van der Waals surface area contributed by atoms with Gasteiger partial charge in [0.15, 0.2) is 0 Å². The van der Waals surface area contributed by atoms with Crippen LogP contribution in [0.5, 0.6) is 0 Å². The van der Waals surface area contributed by atoms with Gasteiger partial charge in [0.25, 0.3) is 5.91 Å². The van der Waals surface area contributed by atoms with Crippen molar-refractivity contribution in [2.24, 2.45) is 0 Å². The summed E-state index contributed by atoms with van der Waals surface area (Å²) >= 11 is 3.27. The summed E-state index contributed by atoms with van der Waals surface area (Å²) in [6.45, 7) is 0. The smallest absolute Gasteiger partial charge is 0.255 e. The third-order valence-electron chi connectivity index (χ3n) is 2.63. The number of anilines is 1. The molecule has 0 heterocycles. The van der Waals surface area contributed by atoms with Crippen molar-refractivity contribution in [3.8, 4) is 12.1 Å². The normalized spacial score (nSPS) is 9.35. The van der Waals surface area contributed by atoms with Gasteiger partial charge >= 0.3 is 0 Å². The van der Waals surface area contributed by atoms with Crippen molar-refractivity contribution >= 4 is 27.5 Å². The Hall–Kier alpha value is -2.63. The first kappa shape index (κ1) is 13.8. The molecule has 4 nitrogen and oxygen atoms in total. The van der Waals surface area contributed by atoms with E-state index in [9.17, 15) is 4.79 Å². The van der Waals surface area contributed by atoms with Gasteiger partial charge in [-0.1, -0.05) is 15.9 Å². The highest BCUT2D eigenvalue weighted by Crippen LogP contribution is 2.21. The minimum atomic E-state index is -0.326. The number of benzene rings is 2. The van der Waals surface area contributed by atoms with Crippen molar-refractivity contribution in [3.63, 3.8) is 0 Å². The Kier molecular flexibility index (Phi) is 4.14. The predicted molar refractivity (Wildman–Crippen MR) is 78.0 cm³/mol. The van der Waals surface area contributed by atoms with Crippen LogP contribution in [-0.4, -0.2) is 5.91 Å². The quantitative estimate of drug-likeness (QED) is 0.918. The molecule has 0 saturated heterocycles. The van der Waals surface area contributed by atoms with Crippen molar-refractivity contribution in [2.45, 2.75) is 0 Å². The molecular weight excluding hydrogens is 318 g/mol. The molecule has 0 spiro atoms. The fraction of sp³-hybridized carbons (Fsp3) is 0. The largest absolute Gasteiger partial charge is 0.321 e. The fourth-order valence-electron chi connectivity index (χ4n) is 1.61. The molecule has 1 N–H and O–H groups in total. The number of carbonyl (C=O) groups excluding carboxylic acids is 1. The first-order chi connectivity index (χ1) is 9.63. The van der Waals surface area contributed by atoms with Gasteiger partial charge in [0, 0.05) is 10.0 Å². The van der Waals surface area contributed by atoms with E-state index in [4.69, 9.17) is 10.5 Å². The third-order valence-corrected chi connectivity index (χ3v) is 3.12. The summed E-state index contributed by atoms with van der Waals surface area (Å²) in [5, 5.41) is 20.4. The van der Waals surface area contributed by atoms with Crippen LogP contribution in [0.1, 0.15) is 21.5 Å². The highest BCUT2D eigenvalue weighted by atomic mass is 79.9. The lowest BCUT2D eigenvalue weighted by Crippen LogP contribution is -2.12. The molecule has 96 valence electrons. The van der Waals surface area contributed by atoms with Gasteiger partial charge < -0.3 is 5.32 Å². The van der Waals surface area contributed by atoms with Gasteiger partial charge in [0.1, 0.15) is 6.07 Å². The summed E-state index contributed by atoms with van der Waals surface area (Å²) in [7, 11) is 0. The minimum absolute atomic E-state index is 0.326. The van der Waals surface area contributed by atoms with Crippen molar-refractivity contribution in [2.75, 3.05) is 5.32 Å². The SMILES string of the molecule is N#Cc1ccc(C(=O)Nc2ccc(Br)cc2C#N)cc1. The Labute approximate surface area is 124 Å². The predicted octanol–water partition coefficient (Wildman–Crippen LogP) is 3.44. The Morgan fingerprint density at radius 3 is 2.35 bits per heavy atom. The standard InChI is InChI=1S/C15H8BrN3O/c16-13-5-6-14(12(7-13)9-18)19-15(20)11-3-1-10(8-17)2-4-11/h1-7H,(H,19,20). The molecule has 0 aliphatic rings. The van der Waals surface area contributed by atoms with E-state index in [0.29, 0.717) is 22.4 Å². The summed E-state index contributed by atoms with van der Waals surface area (Å²) in [5.41, 5.74) is 1.74. The number of nitrogens with one attached hydrogen (secondary N) is 1. The number of halogens is 1. The molecule has 0 aliphatic heterocycles. The Morgan fingerprint density at radius 1 is 1.05 bits per heavy atom. The maximum atomic E-state index is 12.1. The van der Waals surface area contributed by atoms with Crippen molar-refractivity contribution in [3.05, 3.63) is 63.6 Å². The van der Waals surface area contributed by atoms with Crippen LogP contribution in [0.3, 0.4) is 0 Å². The molecule has 2 aromatic rings. The second kappa shape index (κ2) is 6.01. The highest BCUT2D eigenvalue weighted by molar-refractivity contribution is 9.10. The maximum Gasteiger partial charge on any atom is 0.255 e. The van der Waals surface area contributed by atoms with Crippen LogP contribution in [0.4, 0.5) is 5.69 Å². The monoisotopic (exact) mass is 325 g/mol. The summed E-state index contributed by atoms with van der Waals surface area (Å²) < 4.78 is 0.769. The van der Waals surface area contributed by atoms with Crippen molar-refractivity contribution in [1.29, 1.82) is 10.5 Å². The number of hydrogen-bond donors (Lipinski definition) is 1. The van der Waals surface area contributed by atoms with Gasteiger partial charge in [-0.3, -0.25) is 4.79 Å². The molecule has 1 amide bonds. The van der Waals surface area contributed by atoms with Gasteiger partial charge in [-0.15, -0.1) is 0 Å². The number of carbonyl (C=O) groups is 1. The van der Waals surface area contributed by atoms with Crippen LogP contribution in [-0.2, 0) is 0 Å². The average molecular weight is 326 g/mol. The molecular formula is C15H8BrN3O. The summed E-state index contributed by atoms with van der Waals surface area (Å²) in [6.07, 6.45) is 0. The van der Waals surface area contributed by atoms with E-state index < -0.39 is 0 Å². The molecule has 0 aliphatic carbocycles. The number of nitriles is 2. The van der Waals surface area contributed by atoms with E-state index in [2.05, 4.69) is 21.2 Å². The molecule has 0 fully saturated rings. The van der Waals surface area contributed by atoms with E-state index in [1.54, 1.807) is 42.5 Å². The summed E-state index contributed by atoms with van der Waals surface area (Å²) in [6, 6.07) is 15.3. The molecule has 0 bridgehead atoms. The first-order valence-electron chi connectivity index (χ1n) is 5.65. The van der Waals surface area contributed by atoms with Gasteiger partial charge in [0.05, 0.1) is 22.9 Å². The number of hydrogen-bond acceptors (Lipinski definition) is 3. The van der Waals surface area contributed by atoms with Crippen LogP contribution in [0.2, 0.25) is 0 Å². The fourth-order valence-corrected chi connectivity index (χ4v) is 1.97. The van der Waals surface area contributed by atoms with E-state index in [-0.39, 0.29) is 5.91 Å². The molecule has 0 radical (unpaired) electrons. The maximum absolute atomic E-state index is 12.1. The van der Waals surface area contributed by atoms with Gasteiger partial charge in [-0.05, 0) is 42.5 Å². The lowest BCUT2D eigenvalue weighted by molar-refractivity contribution is 0.102. The summed E-state index contributed by atoms with van der Waals surface area (Å²) in [4.78, 5) is 12.1. The van der Waals surface area contributed by atoms with Crippen molar-refractivity contribution in [1.82, 2.24) is 0 Å². The van der Waals surface area contributed by atoms with Crippen LogP contribution < -0.4 is 5.32 Å². The highest BCUT2D eigenvalue weighted by Gasteiger charge is 2.09. The summed E-state index contributed by atoms with van der Waals surface area (Å²) in [5.74, 6) is -0.326. The Balaban J connectivity index is 2.24. The van der Waals surface area contributed by atoms with Crippen LogP contribution in [0.25, 0.3) is 0 Å². The van der Waals surface area contributed by atoms with Crippen LogP contribution >= 0.6 is 15.9 Å². The van der Waals surface area contributed by atoms with Gasteiger partial charge in [-0.2, -0.15) is 10.5 Å². The zero-order valence-electron chi connectivity index (χ0n) is 10.2. The number of rotatable bonds is 2. The Morgan fingerprint density at radius 2 is 1.75 bits per heavy atom. The molecule has 0 unspecified atom stereocenters. The van der Waals surface area contributed by atoms with E-state index in [0.717, 1.165) is 4.47 Å². The molecule has 20 heavy (non-hydrogen) atoms. The van der Waals surface area contributed by atoms with Gasteiger partial charge in [-0.25, -0.2) is 0 Å². The van der Waals surface area contributed by atoms with E-state index in [1.807, 2.05) is 12.1 Å². The number of amides is 1. The zero-order valence-corrected chi connectivity index (χ0v) is 11.8.